The van der Waals surface area contributed by atoms with Crippen molar-refractivity contribution < 1.29 is 19.2 Å². The first-order chi connectivity index (χ1) is 15.3. The highest BCUT2D eigenvalue weighted by Gasteiger charge is 2.21. The average Bonchev–Trinajstić information content (AvgIpc) is 3.10. The number of non-ortho nitro benzene ring substituents is 1. The molecule has 32 heavy (non-hydrogen) atoms. The van der Waals surface area contributed by atoms with E-state index in [1.54, 1.807) is 25.1 Å². The predicted octanol–water partition coefficient (Wildman–Crippen LogP) is 3.33. The van der Waals surface area contributed by atoms with Gasteiger partial charge < -0.3 is 9.47 Å². The van der Waals surface area contributed by atoms with Gasteiger partial charge in [-0.2, -0.15) is 0 Å². The lowest BCUT2D eigenvalue weighted by Crippen LogP contribution is -2.20. The van der Waals surface area contributed by atoms with E-state index in [1.165, 1.54) is 36.1 Å². The van der Waals surface area contributed by atoms with Crippen molar-refractivity contribution in [2.45, 2.75) is 20.3 Å². The maximum Gasteiger partial charge on any atom is 0.311 e. The molecule has 0 fully saturated rings. The quantitative estimate of drug-likeness (QED) is 0.249. The number of hydrogen-bond donors (Lipinski definition) is 1. The molecule has 3 rings (SSSR count). The standard InChI is InChI=1S/C22H22N4O6/c1-4-32-19-8-6-5-7-17(19)23-14(2)21-18(13-20(27)31-3)24-25(22(21)28)15-9-11-16(12-10-15)26(29)30/h5-12,24H,4,13H2,1-3H3. The molecule has 10 heteroatoms. The molecule has 1 aromatic heterocycles. The average molecular weight is 438 g/mol. The molecule has 3 aromatic rings. The molecule has 2 aromatic carbocycles. The Bertz CT molecular complexity index is 1220. The number of nitro groups is 1. The predicted molar refractivity (Wildman–Crippen MR) is 118 cm³/mol. The van der Waals surface area contributed by atoms with Crippen molar-refractivity contribution in [1.82, 2.24) is 9.78 Å². The summed E-state index contributed by atoms with van der Waals surface area (Å²) < 4.78 is 11.6. The summed E-state index contributed by atoms with van der Waals surface area (Å²) in [6, 6.07) is 12.6. The van der Waals surface area contributed by atoms with E-state index in [4.69, 9.17) is 9.47 Å². The van der Waals surface area contributed by atoms with Crippen LogP contribution < -0.4 is 10.3 Å². The number of ether oxygens (including phenoxy) is 2. The van der Waals surface area contributed by atoms with E-state index < -0.39 is 16.5 Å². The third kappa shape index (κ3) is 4.75. The topological polar surface area (TPSA) is 129 Å². The zero-order valence-electron chi connectivity index (χ0n) is 17.8. The Labute approximate surface area is 183 Å². The molecule has 166 valence electrons. The zero-order valence-corrected chi connectivity index (χ0v) is 17.8. The van der Waals surface area contributed by atoms with Crippen molar-refractivity contribution in [3.05, 3.63) is 80.3 Å². The summed E-state index contributed by atoms with van der Waals surface area (Å²) in [5, 5.41) is 13.8. The van der Waals surface area contributed by atoms with Crippen molar-refractivity contribution in [2.24, 2.45) is 4.99 Å². The van der Waals surface area contributed by atoms with Gasteiger partial charge >= 0.3 is 5.97 Å². The van der Waals surface area contributed by atoms with Gasteiger partial charge in [-0.15, -0.1) is 0 Å². The van der Waals surface area contributed by atoms with Gasteiger partial charge in [-0.05, 0) is 38.1 Å². The van der Waals surface area contributed by atoms with Crippen LogP contribution in [0.3, 0.4) is 0 Å². The Kier molecular flexibility index (Phi) is 6.83. The van der Waals surface area contributed by atoms with E-state index in [0.717, 1.165) is 0 Å². The Balaban J connectivity index is 2.12. The number of benzene rings is 2. The van der Waals surface area contributed by atoms with Gasteiger partial charge in [0.2, 0.25) is 0 Å². The van der Waals surface area contributed by atoms with Crippen molar-refractivity contribution in [3.8, 4) is 11.4 Å². The molecule has 1 heterocycles. The fourth-order valence-corrected chi connectivity index (χ4v) is 3.17. The van der Waals surface area contributed by atoms with Crippen LogP contribution in [-0.2, 0) is 16.0 Å². The highest BCUT2D eigenvalue weighted by Crippen LogP contribution is 2.28. The number of aliphatic imine (C=N–C) groups is 1. The van der Waals surface area contributed by atoms with Crippen molar-refractivity contribution >= 4 is 23.1 Å². The highest BCUT2D eigenvalue weighted by molar-refractivity contribution is 6.02. The van der Waals surface area contributed by atoms with Crippen LogP contribution in [0.1, 0.15) is 25.1 Å². The Morgan fingerprint density at radius 2 is 1.88 bits per heavy atom. The number of esters is 1. The zero-order chi connectivity index (χ0) is 23.3. The lowest BCUT2D eigenvalue weighted by atomic mass is 10.1. The normalized spacial score (nSPS) is 11.3. The second-order valence-corrected chi connectivity index (χ2v) is 6.73. The lowest BCUT2D eigenvalue weighted by molar-refractivity contribution is -0.384. The number of H-pyrrole nitrogens is 1. The van der Waals surface area contributed by atoms with E-state index in [2.05, 4.69) is 10.1 Å². The summed E-state index contributed by atoms with van der Waals surface area (Å²) >= 11 is 0. The lowest BCUT2D eigenvalue weighted by Gasteiger charge is -2.07. The number of aromatic nitrogens is 2. The van der Waals surface area contributed by atoms with Gasteiger partial charge in [-0.25, -0.2) is 9.67 Å². The second-order valence-electron chi connectivity index (χ2n) is 6.73. The molecule has 0 aliphatic heterocycles. The monoisotopic (exact) mass is 438 g/mol. The van der Waals surface area contributed by atoms with E-state index in [0.29, 0.717) is 35.1 Å². The molecule has 0 amide bonds. The third-order valence-corrected chi connectivity index (χ3v) is 4.65. The summed E-state index contributed by atoms with van der Waals surface area (Å²) in [5.74, 6) is 0.0287. The molecule has 0 aliphatic carbocycles. The molecule has 0 aliphatic rings. The SMILES string of the molecule is CCOc1ccccc1N=C(C)c1c(CC(=O)OC)[nH]n(-c2ccc([N+](=O)[O-])cc2)c1=O. The van der Waals surface area contributed by atoms with Crippen LogP contribution in [0.4, 0.5) is 11.4 Å². The van der Waals surface area contributed by atoms with E-state index in [1.807, 2.05) is 13.0 Å². The number of rotatable bonds is 8. The highest BCUT2D eigenvalue weighted by atomic mass is 16.6. The minimum Gasteiger partial charge on any atom is -0.492 e. The van der Waals surface area contributed by atoms with Gasteiger partial charge in [-0.3, -0.25) is 24.8 Å². The molecule has 10 nitrogen and oxygen atoms in total. The second kappa shape index (κ2) is 9.73. The molecule has 0 bridgehead atoms. The molecular weight excluding hydrogens is 416 g/mol. The number of nitrogens with zero attached hydrogens (tertiary/aromatic N) is 3. The first kappa shape index (κ1) is 22.5. The minimum absolute atomic E-state index is 0.103. The summed E-state index contributed by atoms with van der Waals surface area (Å²) in [5.41, 5.74) is 1.26. The first-order valence-corrected chi connectivity index (χ1v) is 9.78. The molecule has 0 spiro atoms. The summed E-state index contributed by atoms with van der Waals surface area (Å²) in [7, 11) is 1.26. The van der Waals surface area contributed by atoms with Gasteiger partial charge in [0.1, 0.15) is 11.4 Å². The molecule has 0 unspecified atom stereocenters. The smallest absolute Gasteiger partial charge is 0.311 e. The Morgan fingerprint density at radius 1 is 1.19 bits per heavy atom. The van der Waals surface area contributed by atoms with E-state index >= 15 is 0 Å². The van der Waals surface area contributed by atoms with Crippen LogP contribution in [0.2, 0.25) is 0 Å². The van der Waals surface area contributed by atoms with Crippen molar-refractivity contribution in [1.29, 1.82) is 0 Å². The van der Waals surface area contributed by atoms with Gasteiger partial charge in [-0.1, -0.05) is 12.1 Å². The molecule has 1 N–H and O–H groups in total. The van der Waals surface area contributed by atoms with Gasteiger partial charge in [0, 0.05) is 12.1 Å². The van der Waals surface area contributed by atoms with Crippen molar-refractivity contribution in [2.75, 3.05) is 13.7 Å². The molecule has 0 saturated carbocycles. The number of methoxy groups -OCH3 is 1. The summed E-state index contributed by atoms with van der Waals surface area (Å²) in [4.78, 5) is 40.2. The fourth-order valence-electron chi connectivity index (χ4n) is 3.17. The fraction of sp³-hybridized carbons (Fsp3) is 0.227. The number of carbonyl (C=O) groups excluding carboxylic acids is 1. The Morgan fingerprint density at radius 3 is 2.50 bits per heavy atom. The largest absolute Gasteiger partial charge is 0.492 e. The van der Waals surface area contributed by atoms with Crippen LogP contribution in [0, 0.1) is 10.1 Å². The number of aromatic amines is 1. The summed E-state index contributed by atoms with van der Waals surface area (Å²) in [6.07, 6.45) is -0.180. The van der Waals surface area contributed by atoms with Crippen LogP contribution in [-0.4, -0.2) is 40.1 Å². The first-order valence-electron chi connectivity index (χ1n) is 9.78. The number of para-hydroxylation sites is 2. The maximum absolute atomic E-state index is 13.3. The van der Waals surface area contributed by atoms with Crippen LogP contribution >= 0.6 is 0 Å². The van der Waals surface area contributed by atoms with Crippen LogP contribution in [0.25, 0.3) is 5.69 Å². The minimum atomic E-state index is -0.536. The van der Waals surface area contributed by atoms with E-state index in [9.17, 15) is 19.7 Å². The number of nitrogens with one attached hydrogen (secondary N) is 1. The third-order valence-electron chi connectivity index (χ3n) is 4.65. The number of carbonyl (C=O) groups is 1. The van der Waals surface area contributed by atoms with Gasteiger partial charge in [0.15, 0.2) is 0 Å². The molecule has 0 radical (unpaired) electrons. The summed E-state index contributed by atoms with van der Waals surface area (Å²) in [6.45, 7) is 3.97. The van der Waals surface area contributed by atoms with Crippen LogP contribution in [0.5, 0.6) is 5.75 Å². The Hall–Kier alpha value is -4.21. The van der Waals surface area contributed by atoms with Crippen LogP contribution in [0.15, 0.2) is 58.3 Å². The van der Waals surface area contributed by atoms with Gasteiger partial charge in [0.25, 0.3) is 11.2 Å². The van der Waals surface area contributed by atoms with Gasteiger partial charge in [0.05, 0.1) is 47.7 Å². The van der Waals surface area contributed by atoms with E-state index in [-0.39, 0.29) is 17.7 Å². The van der Waals surface area contributed by atoms with Crippen molar-refractivity contribution in [3.63, 3.8) is 0 Å². The molecule has 0 saturated heterocycles. The molecular formula is C22H22N4O6. The number of nitro benzene ring substituents is 1. The molecule has 0 atom stereocenters. The number of hydrogen-bond acceptors (Lipinski definition) is 7. The maximum atomic E-state index is 13.3.